The van der Waals surface area contributed by atoms with E-state index in [1.165, 1.54) is 10.1 Å². The van der Waals surface area contributed by atoms with Gasteiger partial charge in [-0.2, -0.15) is 0 Å². The van der Waals surface area contributed by atoms with Gasteiger partial charge in [0.2, 0.25) is 0 Å². The van der Waals surface area contributed by atoms with Crippen LogP contribution >= 0.6 is 15.9 Å². The van der Waals surface area contributed by atoms with Gasteiger partial charge < -0.3 is 5.11 Å². The van der Waals surface area contributed by atoms with E-state index in [0.29, 0.717) is 0 Å². The zero-order valence-electron chi connectivity index (χ0n) is 6.26. The minimum atomic E-state index is 0.217. The lowest BCUT2D eigenvalue weighted by Crippen LogP contribution is -1.87. The van der Waals surface area contributed by atoms with E-state index in [4.69, 9.17) is 5.11 Å². The number of aliphatic hydroxyl groups excluding tert-OH is 1. The zero-order valence-corrected chi connectivity index (χ0v) is 7.84. The van der Waals surface area contributed by atoms with Crippen LogP contribution in [0.25, 0.3) is 0 Å². The van der Waals surface area contributed by atoms with Crippen molar-refractivity contribution in [3.63, 3.8) is 0 Å². The summed E-state index contributed by atoms with van der Waals surface area (Å²) in [6.45, 7) is 0.217. The van der Waals surface area contributed by atoms with Gasteiger partial charge in [-0.1, -0.05) is 40.2 Å². The average Bonchev–Trinajstić information content (AvgIpc) is 2.18. The second-order valence-corrected chi connectivity index (χ2v) is 3.35. The summed E-state index contributed by atoms with van der Waals surface area (Å²) in [6, 6.07) is 0. The lowest BCUT2D eigenvalue weighted by Gasteiger charge is -2.00. The van der Waals surface area contributed by atoms with Crippen molar-refractivity contribution < 1.29 is 5.11 Å². The summed E-state index contributed by atoms with van der Waals surface area (Å²) in [5, 5.41) is 8.72. The Labute approximate surface area is 75.2 Å². The maximum atomic E-state index is 8.72. The molecule has 0 bridgehead atoms. The molecule has 0 saturated heterocycles. The Balaban J connectivity index is 2.72. The Kier molecular flexibility index (Phi) is 3.60. The summed E-state index contributed by atoms with van der Waals surface area (Å²) in [6.07, 6.45) is 9.81. The number of hydrogen-bond acceptors (Lipinski definition) is 1. The van der Waals surface area contributed by atoms with E-state index in [0.717, 1.165) is 12.8 Å². The van der Waals surface area contributed by atoms with Gasteiger partial charge >= 0.3 is 0 Å². The second-order valence-electron chi connectivity index (χ2n) is 2.40. The molecule has 1 N–H and O–H groups in total. The topological polar surface area (TPSA) is 20.2 Å². The first-order valence-corrected chi connectivity index (χ1v) is 4.45. The molecule has 0 fully saturated rings. The molecule has 1 aliphatic carbocycles. The molecule has 0 aliphatic heterocycles. The molecule has 0 spiro atoms. The van der Waals surface area contributed by atoms with Crippen LogP contribution in [0.1, 0.15) is 12.8 Å². The fraction of sp³-hybridized carbons (Fsp3) is 0.333. The van der Waals surface area contributed by atoms with Crippen LogP contribution in [-0.2, 0) is 0 Å². The molecule has 0 aromatic heterocycles. The number of allylic oxidation sites excluding steroid dienone is 5. The lowest BCUT2D eigenvalue weighted by molar-refractivity contribution is 0.300. The van der Waals surface area contributed by atoms with Gasteiger partial charge in [-0.05, 0) is 18.4 Å². The van der Waals surface area contributed by atoms with Crippen LogP contribution in [0, 0.1) is 0 Å². The number of hydrogen-bond donors (Lipinski definition) is 1. The van der Waals surface area contributed by atoms with E-state index >= 15 is 0 Å². The molecule has 1 nitrogen and oxygen atoms in total. The molecule has 0 atom stereocenters. The Hall–Kier alpha value is -0.340. The molecule has 1 aliphatic rings. The molecule has 0 aromatic rings. The molecular formula is C9H11BrO. The van der Waals surface area contributed by atoms with Gasteiger partial charge in [-0.15, -0.1) is 0 Å². The Morgan fingerprint density at radius 2 is 2.27 bits per heavy atom. The highest BCUT2D eigenvalue weighted by atomic mass is 79.9. The first-order chi connectivity index (χ1) is 5.34. The Morgan fingerprint density at radius 1 is 1.45 bits per heavy atom. The SMILES string of the molecule is OCCC1=C(Br)CC=CC=C1. The quantitative estimate of drug-likeness (QED) is 0.750. The third-order valence-electron chi connectivity index (χ3n) is 1.57. The minimum absolute atomic E-state index is 0.217. The minimum Gasteiger partial charge on any atom is -0.396 e. The van der Waals surface area contributed by atoms with Gasteiger partial charge in [-0.3, -0.25) is 0 Å². The van der Waals surface area contributed by atoms with E-state index in [1.807, 2.05) is 18.2 Å². The van der Waals surface area contributed by atoms with Gasteiger partial charge in [0.15, 0.2) is 0 Å². The smallest absolute Gasteiger partial charge is 0.0471 e. The molecule has 60 valence electrons. The van der Waals surface area contributed by atoms with E-state index in [1.54, 1.807) is 0 Å². The van der Waals surface area contributed by atoms with E-state index < -0.39 is 0 Å². The highest BCUT2D eigenvalue weighted by molar-refractivity contribution is 9.11. The van der Waals surface area contributed by atoms with Gasteiger partial charge in [0, 0.05) is 11.1 Å². The van der Waals surface area contributed by atoms with Gasteiger partial charge in [0.05, 0.1) is 0 Å². The molecule has 1 rings (SSSR count). The average molecular weight is 215 g/mol. The summed E-state index contributed by atoms with van der Waals surface area (Å²) in [4.78, 5) is 0. The van der Waals surface area contributed by atoms with E-state index in [-0.39, 0.29) is 6.61 Å². The molecule has 0 amide bonds. The van der Waals surface area contributed by atoms with Gasteiger partial charge in [0.1, 0.15) is 0 Å². The maximum Gasteiger partial charge on any atom is 0.0471 e. The maximum absolute atomic E-state index is 8.72. The lowest BCUT2D eigenvalue weighted by atomic mass is 10.1. The van der Waals surface area contributed by atoms with Crippen LogP contribution in [0.15, 0.2) is 34.4 Å². The second kappa shape index (κ2) is 4.52. The summed E-state index contributed by atoms with van der Waals surface area (Å²) in [7, 11) is 0. The van der Waals surface area contributed by atoms with Crippen molar-refractivity contribution in [1.29, 1.82) is 0 Å². The number of halogens is 1. The molecule has 0 unspecified atom stereocenters. The van der Waals surface area contributed by atoms with Crippen molar-refractivity contribution in [3.05, 3.63) is 34.4 Å². The fourth-order valence-corrected chi connectivity index (χ4v) is 1.50. The molecule has 0 saturated carbocycles. The standard InChI is InChI=1S/C9H11BrO/c10-9-5-3-1-2-4-8(9)6-7-11/h1-4,11H,5-7H2. The first kappa shape index (κ1) is 8.75. The molecule has 0 aromatic carbocycles. The summed E-state index contributed by atoms with van der Waals surface area (Å²) < 4.78 is 1.18. The van der Waals surface area contributed by atoms with E-state index in [2.05, 4.69) is 22.0 Å². The normalized spacial score (nSPS) is 17.3. The van der Waals surface area contributed by atoms with Crippen molar-refractivity contribution in [2.45, 2.75) is 12.8 Å². The molecule has 0 radical (unpaired) electrons. The highest BCUT2D eigenvalue weighted by Gasteiger charge is 2.00. The van der Waals surface area contributed by atoms with Crippen molar-refractivity contribution in [1.82, 2.24) is 0 Å². The van der Waals surface area contributed by atoms with E-state index in [9.17, 15) is 0 Å². The van der Waals surface area contributed by atoms with Crippen molar-refractivity contribution in [2.75, 3.05) is 6.61 Å². The number of rotatable bonds is 2. The predicted octanol–water partition coefficient (Wildman–Crippen LogP) is 2.53. The summed E-state index contributed by atoms with van der Waals surface area (Å²) in [5.74, 6) is 0. The Bertz CT molecular complexity index is 214. The van der Waals surface area contributed by atoms with Crippen LogP contribution in [0.2, 0.25) is 0 Å². The van der Waals surface area contributed by atoms with Crippen molar-refractivity contribution >= 4 is 15.9 Å². The third-order valence-corrected chi connectivity index (χ3v) is 2.40. The zero-order chi connectivity index (χ0) is 8.10. The predicted molar refractivity (Wildman–Crippen MR) is 50.6 cm³/mol. The molecule has 0 heterocycles. The largest absolute Gasteiger partial charge is 0.396 e. The number of aliphatic hydroxyl groups is 1. The van der Waals surface area contributed by atoms with Gasteiger partial charge in [0.25, 0.3) is 0 Å². The molecular weight excluding hydrogens is 204 g/mol. The third kappa shape index (κ3) is 2.64. The first-order valence-electron chi connectivity index (χ1n) is 3.66. The highest BCUT2D eigenvalue weighted by Crippen LogP contribution is 2.22. The Morgan fingerprint density at radius 3 is 3.00 bits per heavy atom. The van der Waals surface area contributed by atoms with Crippen molar-refractivity contribution in [3.8, 4) is 0 Å². The van der Waals surface area contributed by atoms with Crippen LogP contribution in [0.5, 0.6) is 0 Å². The van der Waals surface area contributed by atoms with Crippen LogP contribution in [0.4, 0.5) is 0 Å². The summed E-state index contributed by atoms with van der Waals surface area (Å²) in [5.41, 5.74) is 1.19. The molecule has 11 heavy (non-hydrogen) atoms. The van der Waals surface area contributed by atoms with Gasteiger partial charge in [-0.25, -0.2) is 0 Å². The molecule has 2 heteroatoms. The summed E-state index contributed by atoms with van der Waals surface area (Å²) >= 11 is 3.47. The van der Waals surface area contributed by atoms with Crippen LogP contribution in [0.3, 0.4) is 0 Å². The van der Waals surface area contributed by atoms with Crippen LogP contribution < -0.4 is 0 Å². The fourth-order valence-electron chi connectivity index (χ4n) is 0.983. The monoisotopic (exact) mass is 214 g/mol. The van der Waals surface area contributed by atoms with Crippen LogP contribution in [-0.4, -0.2) is 11.7 Å². The van der Waals surface area contributed by atoms with Crippen molar-refractivity contribution in [2.24, 2.45) is 0 Å².